The smallest absolute Gasteiger partial charge is 0.257 e. The van der Waals surface area contributed by atoms with Gasteiger partial charge in [0.1, 0.15) is 24.8 Å². The van der Waals surface area contributed by atoms with E-state index < -0.39 is 6.16 Å². The summed E-state index contributed by atoms with van der Waals surface area (Å²) < 4.78 is 4.46. The lowest BCUT2D eigenvalue weighted by atomic mass is 9.87. The Kier molecular flexibility index (Phi) is 18.6. The van der Waals surface area contributed by atoms with E-state index in [9.17, 15) is 0 Å². The van der Waals surface area contributed by atoms with Crippen LogP contribution in [0.3, 0.4) is 0 Å². The molecule has 0 aliphatic heterocycles. The molecule has 2 aromatic rings. The molecule has 0 radical (unpaired) electrons. The molecule has 0 saturated heterocycles. The van der Waals surface area contributed by atoms with Crippen LogP contribution in [0.1, 0.15) is 129 Å². The predicted molar refractivity (Wildman–Crippen MR) is 142 cm³/mol. The third-order valence-corrected chi connectivity index (χ3v) is 7.36. The van der Waals surface area contributed by atoms with Crippen LogP contribution in [0.4, 0.5) is 4.79 Å². The lowest BCUT2D eigenvalue weighted by molar-refractivity contribution is -0.679. The van der Waals surface area contributed by atoms with E-state index in [2.05, 4.69) is 87.1 Å². The third kappa shape index (κ3) is 13.1. The number of aromatic amines is 2. The number of hydrogen-bond acceptors (Lipinski definition) is 3. The van der Waals surface area contributed by atoms with Crippen LogP contribution in [0, 0.1) is 11.8 Å². The topological polar surface area (TPSA) is 103 Å². The molecule has 2 heterocycles. The van der Waals surface area contributed by atoms with Crippen molar-refractivity contribution in [2.75, 3.05) is 0 Å². The number of imidazole rings is 2. The first-order valence-corrected chi connectivity index (χ1v) is 14.1. The molecule has 0 aliphatic carbocycles. The number of nitrogens with one attached hydrogen (secondary N) is 2. The van der Waals surface area contributed by atoms with E-state index in [4.69, 9.17) is 15.0 Å². The Morgan fingerprint density at radius 1 is 0.722 bits per heavy atom. The zero-order valence-corrected chi connectivity index (χ0v) is 24.3. The predicted octanol–water partition coefficient (Wildman–Crippen LogP) is 4.65. The minimum absolute atomic E-state index is 0.691. The number of carbonyl (C=O) groups is 1. The van der Waals surface area contributed by atoms with Crippen molar-refractivity contribution in [3.05, 3.63) is 36.4 Å². The van der Waals surface area contributed by atoms with Crippen molar-refractivity contribution in [1.29, 1.82) is 0 Å². The van der Waals surface area contributed by atoms with E-state index >= 15 is 0 Å². The maximum Gasteiger partial charge on any atom is 0.257 e. The van der Waals surface area contributed by atoms with Gasteiger partial charge >= 0.3 is 0 Å². The summed E-state index contributed by atoms with van der Waals surface area (Å²) in [5.74, 6) is 5.93. The first-order valence-electron chi connectivity index (χ1n) is 14.1. The van der Waals surface area contributed by atoms with Crippen LogP contribution in [-0.2, 0) is 14.1 Å². The lowest BCUT2D eigenvalue weighted by Gasteiger charge is -2.18. The summed E-state index contributed by atoms with van der Waals surface area (Å²) in [5, 5.41) is 16.7. The fourth-order valence-corrected chi connectivity index (χ4v) is 5.19. The first-order chi connectivity index (χ1) is 17.2. The minimum Gasteiger partial charge on any atom is -0.652 e. The van der Waals surface area contributed by atoms with Gasteiger partial charge in [-0.1, -0.05) is 80.1 Å². The summed E-state index contributed by atoms with van der Waals surface area (Å²) in [5.41, 5.74) is 0. The Balaban J connectivity index is 0.000000593. The molecule has 2 aromatic heterocycles. The Morgan fingerprint density at radius 2 is 1.06 bits per heavy atom. The highest BCUT2D eigenvalue weighted by molar-refractivity contribution is 5.47. The highest BCUT2D eigenvalue weighted by Gasteiger charge is 2.23. The maximum atomic E-state index is 8.33. The second-order valence-electron chi connectivity index (χ2n) is 9.97. The van der Waals surface area contributed by atoms with Gasteiger partial charge in [0, 0.05) is 0 Å². The number of aromatic nitrogens is 4. The van der Waals surface area contributed by atoms with E-state index in [1.165, 1.54) is 75.9 Å². The van der Waals surface area contributed by atoms with Gasteiger partial charge in [-0.15, -0.1) is 0 Å². The van der Waals surface area contributed by atoms with Crippen LogP contribution in [0.15, 0.2) is 24.8 Å². The van der Waals surface area contributed by atoms with E-state index in [-0.39, 0.29) is 0 Å². The average Bonchev–Trinajstić information content (AvgIpc) is 3.47. The van der Waals surface area contributed by atoms with Crippen molar-refractivity contribution in [2.45, 2.75) is 118 Å². The van der Waals surface area contributed by atoms with Crippen LogP contribution < -0.4 is 19.3 Å². The Morgan fingerprint density at radius 3 is 1.25 bits per heavy atom. The molecule has 0 saturated carbocycles. The Labute approximate surface area is 220 Å². The summed E-state index contributed by atoms with van der Waals surface area (Å²) in [6.07, 6.45) is 19.1. The number of rotatable bonds is 14. The van der Waals surface area contributed by atoms with Crippen molar-refractivity contribution in [3.63, 3.8) is 0 Å². The standard InChI is InChI=1S/2C14H26N2.CH2O3/c2*1-5-8-12(6-2)11-13(7-3)14-15-9-10-16(14)4;2-1(3)4/h2*9-10,12-13H,5-8,11H2,1-4H3;(H2,2,3,4). The molecule has 0 aromatic carbocycles. The second-order valence-corrected chi connectivity index (χ2v) is 9.97. The van der Waals surface area contributed by atoms with Gasteiger partial charge in [0.2, 0.25) is 0 Å². The Hall–Kier alpha value is -2.31. The number of H-pyrrole nitrogens is 2. The van der Waals surface area contributed by atoms with Gasteiger partial charge in [-0.3, -0.25) is 0 Å². The molecule has 0 aliphatic rings. The molecule has 208 valence electrons. The highest BCUT2D eigenvalue weighted by atomic mass is 16.6. The highest BCUT2D eigenvalue weighted by Crippen LogP contribution is 2.29. The average molecular weight is 507 g/mol. The largest absolute Gasteiger partial charge is 0.652 e. The number of carboxylic acid groups (broad SMARTS) is 2. The quantitative estimate of drug-likeness (QED) is 0.365. The number of aryl methyl sites for hydroxylation is 2. The molecule has 4 unspecified atom stereocenters. The van der Waals surface area contributed by atoms with Crippen LogP contribution in [0.25, 0.3) is 0 Å². The molecule has 36 heavy (non-hydrogen) atoms. The number of nitrogens with zero attached hydrogens (tertiary/aromatic N) is 2. The van der Waals surface area contributed by atoms with E-state index in [0.29, 0.717) is 11.8 Å². The van der Waals surface area contributed by atoms with E-state index in [1.807, 2.05) is 12.4 Å². The summed E-state index contributed by atoms with van der Waals surface area (Å²) in [7, 11) is 4.27. The minimum atomic E-state index is -2.33. The molecule has 2 rings (SSSR count). The number of hydrogen-bond donors (Lipinski definition) is 2. The second kappa shape index (κ2) is 19.8. The molecule has 7 heteroatoms. The van der Waals surface area contributed by atoms with Gasteiger partial charge in [-0.2, -0.15) is 0 Å². The molecule has 0 fully saturated rings. The van der Waals surface area contributed by atoms with Crippen LogP contribution in [0.5, 0.6) is 0 Å². The summed E-state index contributed by atoms with van der Waals surface area (Å²) in [6.45, 7) is 13.8. The fraction of sp³-hybridized carbons (Fsp3) is 0.759. The monoisotopic (exact) mass is 506 g/mol. The zero-order chi connectivity index (χ0) is 27.5. The molecular formula is C29H54N4O3. The Bertz CT molecular complexity index is 738. The van der Waals surface area contributed by atoms with Crippen LogP contribution >= 0.6 is 0 Å². The zero-order valence-electron chi connectivity index (χ0n) is 24.3. The first kappa shape index (κ1) is 33.7. The molecule has 4 atom stereocenters. The molecular weight excluding hydrogens is 452 g/mol. The third-order valence-electron chi connectivity index (χ3n) is 7.36. The summed E-state index contributed by atoms with van der Waals surface area (Å²) in [6, 6.07) is 0. The van der Waals surface area contributed by atoms with Crippen molar-refractivity contribution in [2.24, 2.45) is 25.9 Å². The van der Waals surface area contributed by atoms with Crippen molar-refractivity contribution < 1.29 is 24.1 Å². The SMILES string of the molecule is CCCC(CC)CC(CC)c1[nH]cc[n+]1C.CCCC(CC)CC(CC)c1[nH]cc[n+]1C.O=C([O-])[O-]. The van der Waals surface area contributed by atoms with Gasteiger partial charge in [-0.25, -0.2) is 19.1 Å². The van der Waals surface area contributed by atoms with Gasteiger partial charge in [0.05, 0.1) is 25.9 Å². The molecule has 7 nitrogen and oxygen atoms in total. The van der Waals surface area contributed by atoms with Gasteiger partial charge in [0.15, 0.2) is 0 Å². The molecule has 0 bridgehead atoms. The van der Waals surface area contributed by atoms with Crippen molar-refractivity contribution >= 4 is 6.16 Å². The van der Waals surface area contributed by atoms with Gasteiger partial charge in [-0.05, 0) is 43.7 Å². The molecule has 0 amide bonds. The van der Waals surface area contributed by atoms with E-state index in [0.717, 1.165) is 11.8 Å². The fourth-order valence-electron chi connectivity index (χ4n) is 5.19. The van der Waals surface area contributed by atoms with Crippen LogP contribution in [-0.4, -0.2) is 16.1 Å². The normalized spacial score (nSPS) is 14.0. The van der Waals surface area contributed by atoms with Crippen molar-refractivity contribution in [3.8, 4) is 0 Å². The molecule has 2 N–H and O–H groups in total. The molecule has 0 spiro atoms. The lowest BCUT2D eigenvalue weighted by Crippen LogP contribution is -2.37. The number of carbonyl (C=O) groups excluding carboxylic acids is 1. The maximum absolute atomic E-state index is 8.33. The van der Waals surface area contributed by atoms with Gasteiger partial charge in [0.25, 0.3) is 11.6 Å². The summed E-state index contributed by atoms with van der Waals surface area (Å²) >= 11 is 0. The summed E-state index contributed by atoms with van der Waals surface area (Å²) in [4.78, 5) is 15.1. The van der Waals surface area contributed by atoms with E-state index in [1.54, 1.807) is 0 Å². The van der Waals surface area contributed by atoms with Crippen molar-refractivity contribution in [1.82, 2.24) is 9.97 Å². The van der Waals surface area contributed by atoms with Gasteiger partial charge < -0.3 is 15.0 Å². The van der Waals surface area contributed by atoms with Crippen LogP contribution in [0.2, 0.25) is 0 Å².